The fourth-order valence-electron chi connectivity index (χ4n) is 3.06. The number of anilines is 1. The van der Waals surface area contributed by atoms with E-state index in [1.54, 1.807) is 31.3 Å². The molecule has 4 rings (SSSR count). The molecule has 150 valence electrons. The van der Waals surface area contributed by atoms with Crippen LogP contribution in [0, 0.1) is 5.92 Å². The minimum Gasteiger partial charge on any atom is -0.481 e. The van der Waals surface area contributed by atoms with Crippen LogP contribution in [0.25, 0.3) is 10.9 Å². The minimum atomic E-state index is -0.631. The zero-order chi connectivity index (χ0) is 20.9. The molecule has 3 aromatic rings. The summed E-state index contributed by atoms with van der Waals surface area (Å²) >= 11 is 0. The number of pyridine rings is 1. The summed E-state index contributed by atoms with van der Waals surface area (Å²) in [5.41, 5.74) is 4.34. The average Bonchev–Trinajstić information content (AvgIpc) is 3.06. The number of para-hydroxylation sites is 2. The monoisotopic (exact) mass is 401 g/mol. The third kappa shape index (κ3) is 4.02. The highest BCUT2D eigenvalue weighted by Gasteiger charge is 2.33. The Morgan fingerprint density at radius 1 is 1.17 bits per heavy atom. The molecule has 1 aliphatic rings. The molecule has 1 atom stereocenters. The van der Waals surface area contributed by atoms with Crippen LogP contribution in [-0.4, -0.2) is 35.3 Å². The van der Waals surface area contributed by atoms with Crippen LogP contribution in [0.5, 0.6) is 5.75 Å². The first-order chi connectivity index (χ1) is 14.6. The first-order valence-corrected chi connectivity index (χ1v) is 9.36. The highest BCUT2D eigenvalue weighted by atomic mass is 16.5. The van der Waals surface area contributed by atoms with E-state index in [0.717, 1.165) is 5.39 Å². The lowest BCUT2D eigenvalue weighted by Gasteiger charge is -2.12. The van der Waals surface area contributed by atoms with Crippen molar-refractivity contribution in [2.75, 3.05) is 11.6 Å². The van der Waals surface area contributed by atoms with Crippen molar-refractivity contribution >= 4 is 40.3 Å². The molecule has 2 aromatic carbocycles. The number of amides is 2. The van der Waals surface area contributed by atoms with Gasteiger partial charge < -0.3 is 4.74 Å². The molecule has 2 amide bonds. The maximum atomic E-state index is 12.6. The average molecular weight is 401 g/mol. The number of hydrogen-bond acceptors (Lipinski definition) is 6. The van der Waals surface area contributed by atoms with Crippen molar-refractivity contribution in [3.05, 3.63) is 66.9 Å². The van der Waals surface area contributed by atoms with Gasteiger partial charge in [-0.1, -0.05) is 36.4 Å². The quantitative estimate of drug-likeness (QED) is 0.507. The number of nitrogens with zero attached hydrogens (tertiary/aromatic N) is 4. The number of hydrazone groups is 2. The highest BCUT2D eigenvalue weighted by molar-refractivity contribution is 6.23. The van der Waals surface area contributed by atoms with Crippen molar-refractivity contribution in [3.8, 4) is 5.75 Å². The SMILES string of the molecule is CC1=NN(c2ccccc2)C(=O)[C@H]1/C=N\NC(=O)COc1cccc2cccnc12. The van der Waals surface area contributed by atoms with Gasteiger partial charge in [-0.25, -0.2) is 5.43 Å². The molecule has 0 aliphatic carbocycles. The molecule has 1 N–H and O–H groups in total. The van der Waals surface area contributed by atoms with E-state index in [0.29, 0.717) is 22.7 Å². The van der Waals surface area contributed by atoms with E-state index in [4.69, 9.17) is 4.74 Å². The van der Waals surface area contributed by atoms with E-state index >= 15 is 0 Å². The zero-order valence-electron chi connectivity index (χ0n) is 16.2. The summed E-state index contributed by atoms with van der Waals surface area (Å²) in [6.07, 6.45) is 3.04. The molecule has 30 heavy (non-hydrogen) atoms. The summed E-state index contributed by atoms with van der Waals surface area (Å²) in [5.74, 6) is -0.790. The number of benzene rings is 2. The largest absolute Gasteiger partial charge is 0.481 e. The van der Waals surface area contributed by atoms with Gasteiger partial charge in [0.25, 0.3) is 11.8 Å². The Kier molecular flexibility index (Phi) is 5.47. The number of hydrogen-bond donors (Lipinski definition) is 1. The fraction of sp³-hybridized carbons (Fsp3) is 0.136. The summed E-state index contributed by atoms with van der Waals surface area (Å²) in [5, 5.41) is 10.5. The van der Waals surface area contributed by atoms with Crippen molar-refractivity contribution in [1.29, 1.82) is 0 Å². The van der Waals surface area contributed by atoms with Crippen LogP contribution in [0.2, 0.25) is 0 Å². The van der Waals surface area contributed by atoms with Crippen LogP contribution in [0.15, 0.2) is 77.1 Å². The predicted octanol–water partition coefficient (Wildman–Crippen LogP) is 2.75. The lowest BCUT2D eigenvalue weighted by Crippen LogP contribution is -2.30. The predicted molar refractivity (Wildman–Crippen MR) is 114 cm³/mol. The second kappa shape index (κ2) is 8.52. The normalized spacial score (nSPS) is 16.2. The third-order valence-corrected chi connectivity index (χ3v) is 4.55. The number of nitrogens with one attached hydrogen (secondary N) is 1. The van der Waals surface area contributed by atoms with E-state index in [1.165, 1.54) is 11.2 Å². The number of carbonyl (C=O) groups is 2. The molecule has 0 saturated carbocycles. The van der Waals surface area contributed by atoms with Crippen molar-refractivity contribution in [1.82, 2.24) is 10.4 Å². The first kappa shape index (κ1) is 19.3. The lowest BCUT2D eigenvalue weighted by atomic mass is 10.1. The number of aromatic nitrogens is 1. The van der Waals surface area contributed by atoms with Crippen LogP contribution in [0.3, 0.4) is 0 Å². The summed E-state index contributed by atoms with van der Waals surface area (Å²) in [6.45, 7) is 1.52. The Balaban J connectivity index is 1.34. The summed E-state index contributed by atoms with van der Waals surface area (Å²) in [7, 11) is 0. The topological polar surface area (TPSA) is 96.2 Å². The van der Waals surface area contributed by atoms with Gasteiger partial charge in [0.1, 0.15) is 17.2 Å². The molecule has 8 heteroatoms. The van der Waals surface area contributed by atoms with Gasteiger partial charge in [0.05, 0.1) is 11.4 Å². The minimum absolute atomic E-state index is 0.227. The standard InChI is InChI=1S/C22H19N5O3/c1-15-18(22(29)27(26-15)17-9-3-2-4-10-17)13-24-25-20(28)14-30-19-11-5-7-16-8-6-12-23-21(16)19/h2-13,18H,14H2,1H3,(H,25,28)/b24-13-/t18-/m0/s1. The Labute approximate surface area is 172 Å². The Morgan fingerprint density at radius 2 is 1.97 bits per heavy atom. The van der Waals surface area contributed by atoms with Gasteiger partial charge in [0.15, 0.2) is 6.61 Å². The van der Waals surface area contributed by atoms with Gasteiger partial charge in [-0.15, -0.1) is 0 Å². The maximum Gasteiger partial charge on any atom is 0.277 e. The van der Waals surface area contributed by atoms with Crippen LogP contribution < -0.4 is 15.2 Å². The summed E-state index contributed by atoms with van der Waals surface area (Å²) in [6, 6.07) is 18.4. The fourth-order valence-corrected chi connectivity index (χ4v) is 3.06. The second-order valence-electron chi connectivity index (χ2n) is 6.64. The van der Waals surface area contributed by atoms with Gasteiger partial charge in [-0.3, -0.25) is 14.6 Å². The molecule has 0 unspecified atom stereocenters. The van der Waals surface area contributed by atoms with Gasteiger partial charge in [0, 0.05) is 17.8 Å². The van der Waals surface area contributed by atoms with E-state index in [2.05, 4.69) is 20.6 Å². The van der Waals surface area contributed by atoms with Crippen LogP contribution in [0.4, 0.5) is 5.69 Å². The molecule has 0 radical (unpaired) electrons. The van der Waals surface area contributed by atoms with Crippen molar-refractivity contribution in [2.24, 2.45) is 16.1 Å². The Hall–Kier alpha value is -4.07. The molecule has 8 nitrogen and oxygen atoms in total. The molecule has 1 aliphatic heterocycles. The maximum absolute atomic E-state index is 12.6. The summed E-state index contributed by atoms with van der Waals surface area (Å²) in [4.78, 5) is 29.0. The number of ether oxygens (including phenoxy) is 1. The van der Waals surface area contributed by atoms with Crippen molar-refractivity contribution in [3.63, 3.8) is 0 Å². The van der Waals surface area contributed by atoms with E-state index < -0.39 is 11.8 Å². The molecule has 2 heterocycles. The lowest BCUT2D eigenvalue weighted by molar-refractivity contribution is -0.123. The van der Waals surface area contributed by atoms with Gasteiger partial charge in [-0.05, 0) is 31.2 Å². The highest BCUT2D eigenvalue weighted by Crippen LogP contribution is 2.23. The first-order valence-electron chi connectivity index (χ1n) is 9.36. The Bertz CT molecular complexity index is 1140. The van der Waals surface area contributed by atoms with E-state index in [-0.39, 0.29) is 12.5 Å². The molecule has 0 fully saturated rings. The van der Waals surface area contributed by atoms with Gasteiger partial charge in [-0.2, -0.15) is 15.2 Å². The van der Waals surface area contributed by atoms with Crippen LogP contribution >= 0.6 is 0 Å². The smallest absolute Gasteiger partial charge is 0.277 e. The van der Waals surface area contributed by atoms with Crippen LogP contribution in [0.1, 0.15) is 6.92 Å². The molecular formula is C22H19N5O3. The van der Waals surface area contributed by atoms with Gasteiger partial charge in [0.2, 0.25) is 0 Å². The second-order valence-corrected chi connectivity index (χ2v) is 6.64. The third-order valence-electron chi connectivity index (χ3n) is 4.55. The molecule has 0 saturated heterocycles. The van der Waals surface area contributed by atoms with Crippen LogP contribution in [-0.2, 0) is 9.59 Å². The summed E-state index contributed by atoms with van der Waals surface area (Å²) < 4.78 is 5.57. The Morgan fingerprint density at radius 3 is 2.80 bits per heavy atom. The zero-order valence-corrected chi connectivity index (χ0v) is 16.2. The van der Waals surface area contributed by atoms with Crippen molar-refractivity contribution < 1.29 is 14.3 Å². The molecule has 0 spiro atoms. The number of fused-ring (bicyclic) bond motifs is 1. The molecule has 0 bridgehead atoms. The number of carbonyl (C=O) groups excluding carboxylic acids is 2. The number of rotatable bonds is 6. The van der Waals surface area contributed by atoms with E-state index in [1.807, 2.05) is 42.5 Å². The van der Waals surface area contributed by atoms with Crippen molar-refractivity contribution in [2.45, 2.75) is 6.92 Å². The van der Waals surface area contributed by atoms with E-state index in [9.17, 15) is 9.59 Å². The van der Waals surface area contributed by atoms with Gasteiger partial charge >= 0.3 is 0 Å². The molecular weight excluding hydrogens is 382 g/mol. The molecule has 1 aromatic heterocycles.